The second-order valence-electron chi connectivity index (χ2n) is 5.92. The number of benzene rings is 2. The molecule has 0 spiro atoms. The van der Waals surface area contributed by atoms with Crippen LogP contribution in [0, 0.1) is 0 Å². The number of anilines is 2. The third-order valence-electron chi connectivity index (χ3n) is 4.26. The molecular weight excluding hydrogens is 368 g/mol. The molecule has 26 heavy (non-hydrogen) atoms. The van der Waals surface area contributed by atoms with E-state index in [0.29, 0.717) is 29.2 Å². The number of nitrogens with one attached hydrogen (secondary N) is 1. The third kappa shape index (κ3) is 3.00. The molecule has 0 unspecified atom stereocenters. The number of nitrogens with zero attached hydrogens (tertiary/aromatic N) is 1. The molecule has 7 heteroatoms. The van der Waals surface area contributed by atoms with Gasteiger partial charge in [0.2, 0.25) is 0 Å². The number of hydrogen-bond donors (Lipinski definition) is 1. The van der Waals surface area contributed by atoms with Gasteiger partial charge < -0.3 is 5.32 Å². The van der Waals surface area contributed by atoms with Gasteiger partial charge >= 0.3 is 0 Å². The molecule has 0 saturated heterocycles. The molecular formula is C19H16N2O3S2. The van der Waals surface area contributed by atoms with Gasteiger partial charge in [-0.25, -0.2) is 8.42 Å². The van der Waals surface area contributed by atoms with Crippen molar-refractivity contribution in [2.24, 2.45) is 0 Å². The van der Waals surface area contributed by atoms with E-state index in [2.05, 4.69) is 5.32 Å². The first-order chi connectivity index (χ1) is 12.6. The predicted octanol–water partition coefficient (Wildman–Crippen LogP) is 3.75. The molecule has 0 aliphatic carbocycles. The smallest absolute Gasteiger partial charge is 0.265 e. The summed E-state index contributed by atoms with van der Waals surface area (Å²) in [4.78, 5) is 12.9. The summed E-state index contributed by atoms with van der Waals surface area (Å²) >= 11 is 1.13. The van der Waals surface area contributed by atoms with Crippen molar-refractivity contribution in [3.05, 3.63) is 76.5 Å². The molecule has 0 fully saturated rings. The Labute approximate surface area is 156 Å². The van der Waals surface area contributed by atoms with Crippen LogP contribution in [0.4, 0.5) is 11.4 Å². The van der Waals surface area contributed by atoms with Crippen LogP contribution >= 0.6 is 11.3 Å². The van der Waals surface area contributed by atoms with Gasteiger partial charge in [-0.1, -0.05) is 36.4 Å². The van der Waals surface area contributed by atoms with Crippen LogP contribution < -0.4 is 9.62 Å². The average Bonchev–Trinajstić information content (AvgIpc) is 3.30. The number of hydrogen-bond acceptors (Lipinski definition) is 4. The van der Waals surface area contributed by atoms with E-state index in [1.165, 1.54) is 15.8 Å². The fourth-order valence-electron chi connectivity index (χ4n) is 2.97. The average molecular weight is 384 g/mol. The number of rotatable bonds is 4. The molecule has 2 aromatic carbocycles. The second-order valence-corrected chi connectivity index (χ2v) is 8.70. The minimum atomic E-state index is -3.67. The molecule has 1 N–H and O–H groups in total. The maximum atomic E-state index is 13.0. The maximum absolute atomic E-state index is 13.0. The fraction of sp³-hybridized carbons (Fsp3) is 0.105. The summed E-state index contributed by atoms with van der Waals surface area (Å²) in [6.45, 7) is 0.420. The number of thiophene rings is 1. The Balaban J connectivity index is 1.59. The van der Waals surface area contributed by atoms with Crippen LogP contribution in [0.1, 0.15) is 15.2 Å². The van der Waals surface area contributed by atoms with Crippen LogP contribution in [0.2, 0.25) is 0 Å². The molecule has 1 aliphatic rings. The molecule has 0 bridgehead atoms. The maximum Gasteiger partial charge on any atom is 0.265 e. The highest BCUT2D eigenvalue weighted by Crippen LogP contribution is 2.34. The Morgan fingerprint density at radius 2 is 1.77 bits per heavy atom. The van der Waals surface area contributed by atoms with Crippen LogP contribution in [0.5, 0.6) is 0 Å². The summed E-state index contributed by atoms with van der Waals surface area (Å²) < 4.78 is 27.4. The summed E-state index contributed by atoms with van der Waals surface area (Å²) in [5.74, 6) is -0.315. The van der Waals surface area contributed by atoms with Gasteiger partial charge in [-0.3, -0.25) is 9.10 Å². The predicted molar refractivity (Wildman–Crippen MR) is 103 cm³/mol. The largest absolute Gasteiger partial charge is 0.321 e. The van der Waals surface area contributed by atoms with Gasteiger partial charge in [0.05, 0.1) is 15.5 Å². The van der Waals surface area contributed by atoms with Gasteiger partial charge in [-0.15, -0.1) is 11.3 Å². The van der Waals surface area contributed by atoms with Crippen molar-refractivity contribution in [1.82, 2.24) is 0 Å². The van der Waals surface area contributed by atoms with E-state index in [4.69, 9.17) is 0 Å². The molecule has 2 heterocycles. The molecule has 0 atom stereocenters. The van der Waals surface area contributed by atoms with Crippen LogP contribution in [-0.4, -0.2) is 20.9 Å². The van der Waals surface area contributed by atoms with Crippen molar-refractivity contribution < 1.29 is 13.2 Å². The lowest BCUT2D eigenvalue weighted by Crippen LogP contribution is -2.28. The first kappa shape index (κ1) is 16.8. The highest BCUT2D eigenvalue weighted by molar-refractivity contribution is 7.93. The molecule has 132 valence electrons. The Bertz CT molecular complexity index is 1060. The van der Waals surface area contributed by atoms with Crippen molar-refractivity contribution >= 4 is 38.6 Å². The summed E-state index contributed by atoms with van der Waals surface area (Å²) in [6.07, 6.45) is 0.695. The lowest BCUT2D eigenvalue weighted by Gasteiger charge is -2.18. The molecule has 1 aliphatic heterocycles. The second kappa shape index (κ2) is 6.59. The Kier molecular flexibility index (Phi) is 4.26. The molecule has 3 aromatic rings. The van der Waals surface area contributed by atoms with E-state index in [9.17, 15) is 13.2 Å². The molecule has 0 radical (unpaired) electrons. The van der Waals surface area contributed by atoms with Gasteiger partial charge in [0, 0.05) is 17.6 Å². The minimum absolute atomic E-state index is 0.150. The zero-order valence-electron chi connectivity index (χ0n) is 13.8. The summed E-state index contributed by atoms with van der Waals surface area (Å²) in [5, 5.41) is 4.30. The fourth-order valence-corrected chi connectivity index (χ4v) is 5.63. The van der Waals surface area contributed by atoms with Crippen molar-refractivity contribution in [3.63, 3.8) is 0 Å². The van der Waals surface area contributed by atoms with E-state index < -0.39 is 10.0 Å². The third-order valence-corrected chi connectivity index (χ3v) is 7.13. The van der Waals surface area contributed by atoms with E-state index in [1.54, 1.807) is 12.1 Å². The SMILES string of the molecule is O=C(Nc1ccccc1)c1cc(S(=O)(=O)N2CCc3ccccc32)cs1. The zero-order valence-corrected chi connectivity index (χ0v) is 15.4. The highest BCUT2D eigenvalue weighted by atomic mass is 32.2. The van der Waals surface area contributed by atoms with E-state index in [1.807, 2.05) is 42.5 Å². The summed E-state index contributed by atoms with van der Waals surface area (Å²) in [7, 11) is -3.67. The lowest BCUT2D eigenvalue weighted by molar-refractivity contribution is 0.103. The van der Waals surface area contributed by atoms with E-state index >= 15 is 0 Å². The number of amides is 1. The van der Waals surface area contributed by atoms with Crippen molar-refractivity contribution in [3.8, 4) is 0 Å². The Morgan fingerprint density at radius 1 is 1.04 bits per heavy atom. The first-order valence-electron chi connectivity index (χ1n) is 8.11. The summed E-state index contributed by atoms with van der Waals surface area (Å²) in [5.41, 5.74) is 2.41. The standard InChI is InChI=1S/C19H16N2O3S2/c22-19(20-15-7-2-1-3-8-15)18-12-16(13-25-18)26(23,24)21-11-10-14-6-4-5-9-17(14)21/h1-9,12-13H,10-11H2,(H,20,22). The van der Waals surface area contributed by atoms with Gasteiger partial charge in [0.1, 0.15) is 0 Å². The zero-order chi connectivity index (χ0) is 18.1. The molecule has 1 amide bonds. The molecule has 1 aromatic heterocycles. The van der Waals surface area contributed by atoms with Crippen molar-refractivity contribution in [2.75, 3.05) is 16.2 Å². The van der Waals surface area contributed by atoms with E-state index in [-0.39, 0.29) is 10.8 Å². The van der Waals surface area contributed by atoms with E-state index in [0.717, 1.165) is 16.9 Å². The molecule has 4 rings (SSSR count). The molecule has 5 nitrogen and oxygen atoms in total. The van der Waals surface area contributed by atoms with Gasteiger partial charge in [0.15, 0.2) is 0 Å². The lowest BCUT2D eigenvalue weighted by atomic mass is 10.2. The first-order valence-corrected chi connectivity index (χ1v) is 10.4. The number of para-hydroxylation sites is 2. The van der Waals surface area contributed by atoms with Crippen LogP contribution in [-0.2, 0) is 16.4 Å². The number of sulfonamides is 1. The van der Waals surface area contributed by atoms with Crippen molar-refractivity contribution in [1.29, 1.82) is 0 Å². The number of fused-ring (bicyclic) bond motifs is 1. The number of carbonyl (C=O) groups is 1. The highest BCUT2D eigenvalue weighted by Gasteiger charge is 2.31. The van der Waals surface area contributed by atoms with Gasteiger partial charge in [-0.05, 0) is 36.2 Å². The topological polar surface area (TPSA) is 66.5 Å². The van der Waals surface area contributed by atoms with Crippen molar-refractivity contribution in [2.45, 2.75) is 11.3 Å². The van der Waals surface area contributed by atoms with Crippen LogP contribution in [0.25, 0.3) is 0 Å². The monoisotopic (exact) mass is 384 g/mol. The Hall–Kier alpha value is -2.64. The Morgan fingerprint density at radius 3 is 2.58 bits per heavy atom. The minimum Gasteiger partial charge on any atom is -0.321 e. The van der Waals surface area contributed by atoms with Crippen LogP contribution in [0.15, 0.2) is 70.9 Å². The normalized spacial score (nSPS) is 13.5. The van der Waals surface area contributed by atoms with Gasteiger partial charge in [0.25, 0.3) is 15.9 Å². The number of carbonyl (C=O) groups excluding carboxylic acids is 1. The molecule has 0 saturated carbocycles. The quantitative estimate of drug-likeness (QED) is 0.745. The summed E-state index contributed by atoms with van der Waals surface area (Å²) in [6, 6.07) is 18.0. The van der Waals surface area contributed by atoms with Crippen LogP contribution in [0.3, 0.4) is 0 Å². The van der Waals surface area contributed by atoms with Gasteiger partial charge in [-0.2, -0.15) is 0 Å².